The smallest absolute Gasteiger partial charge is 0.407 e. The van der Waals surface area contributed by atoms with Gasteiger partial charge in [-0.3, -0.25) is 0 Å². The zero-order valence-electron chi connectivity index (χ0n) is 9.51. The number of ether oxygens (including phenoxy) is 1. The summed E-state index contributed by atoms with van der Waals surface area (Å²) in [5.41, 5.74) is 0.746. The molecule has 0 aliphatic carbocycles. The number of nitrogens with zero attached hydrogens (tertiary/aromatic N) is 2. The lowest BCUT2D eigenvalue weighted by atomic mass is 10.2. The fourth-order valence-corrected chi connectivity index (χ4v) is 1.48. The Morgan fingerprint density at radius 3 is 3.11 bits per heavy atom. The second-order valence-corrected chi connectivity index (χ2v) is 3.80. The molecule has 0 saturated carbocycles. The number of carbonyl (C=O) groups excluding carboxylic acids is 1. The van der Waals surface area contributed by atoms with E-state index in [1.807, 2.05) is 6.07 Å². The second-order valence-electron chi connectivity index (χ2n) is 3.37. The minimum absolute atomic E-state index is 0.111. The van der Waals surface area contributed by atoms with Crippen LogP contribution in [0.4, 0.5) is 4.79 Å². The molecule has 2 rings (SSSR count). The number of halogens is 1. The molecular weight excluding hydrogens is 258 g/mol. The van der Waals surface area contributed by atoms with Crippen molar-refractivity contribution in [3.8, 4) is 11.4 Å². The van der Waals surface area contributed by atoms with Crippen molar-refractivity contribution in [2.45, 2.75) is 6.54 Å². The maximum Gasteiger partial charge on any atom is 0.407 e. The summed E-state index contributed by atoms with van der Waals surface area (Å²) >= 11 is 5.86. The first-order chi connectivity index (χ1) is 8.69. The molecular formula is C11H10ClN3O3. The van der Waals surface area contributed by atoms with Gasteiger partial charge in [0.05, 0.1) is 7.11 Å². The van der Waals surface area contributed by atoms with E-state index in [9.17, 15) is 4.79 Å². The van der Waals surface area contributed by atoms with Crippen molar-refractivity contribution in [1.82, 2.24) is 15.5 Å². The average Bonchev–Trinajstić information content (AvgIpc) is 2.84. The number of methoxy groups -OCH3 is 1. The number of hydrogen-bond donors (Lipinski definition) is 1. The van der Waals surface area contributed by atoms with Crippen LogP contribution in [-0.4, -0.2) is 23.3 Å². The van der Waals surface area contributed by atoms with Gasteiger partial charge in [-0.15, -0.1) is 0 Å². The van der Waals surface area contributed by atoms with Gasteiger partial charge in [-0.1, -0.05) is 28.9 Å². The first-order valence-corrected chi connectivity index (χ1v) is 5.47. The van der Waals surface area contributed by atoms with Crippen LogP contribution in [0, 0.1) is 0 Å². The second kappa shape index (κ2) is 5.50. The van der Waals surface area contributed by atoms with E-state index in [1.54, 1.807) is 18.2 Å². The Labute approximate surface area is 108 Å². The Bertz CT molecular complexity index is 556. The molecule has 2 aromatic rings. The molecule has 0 unspecified atom stereocenters. The molecule has 7 heteroatoms. The minimum Gasteiger partial charge on any atom is -0.453 e. The number of hydrogen-bond acceptors (Lipinski definition) is 5. The van der Waals surface area contributed by atoms with Crippen LogP contribution in [0.15, 0.2) is 28.8 Å². The van der Waals surface area contributed by atoms with Crippen molar-refractivity contribution in [3.63, 3.8) is 0 Å². The number of nitrogens with one attached hydrogen (secondary N) is 1. The van der Waals surface area contributed by atoms with E-state index in [0.29, 0.717) is 10.8 Å². The first-order valence-electron chi connectivity index (χ1n) is 5.09. The van der Waals surface area contributed by atoms with E-state index in [2.05, 4.69) is 20.2 Å². The van der Waals surface area contributed by atoms with Gasteiger partial charge >= 0.3 is 6.09 Å². The third-order valence-corrected chi connectivity index (χ3v) is 2.36. The van der Waals surface area contributed by atoms with Crippen molar-refractivity contribution in [2.75, 3.05) is 7.11 Å². The monoisotopic (exact) mass is 267 g/mol. The van der Waals surface area contributed by atoms with Gasteiger partial charge in [0.25, 0.3) is 0 Å². The van der Waals surface area contributed by atoms with E-state index >= 15 is 0 Å². The Morgan fingerprint density at radius 1 is 1.56 bits per heavy atom. The van der Waals surface area contributed by atoms with E-state index in [-0.39, 0.29) is 12.4 Å². The van der Waals surface area contributed by atoms with Gasteiger partial charge < -0.3 is 14.6 Å². The van der Waals surface area contributed by atoms with E-state index < -0.39 is 6.09 Å². The van der Waals surface area contributed by atoms with Crippen molar-refractivity contribution in [3.05, 3.63) is 35.2 Å². The molecule has 0 aliphatic heterocycles. The number of alkyl carbamates (subject to hydrolysis) is 1. The van der Waals surface area contributed by atoms with E-state index in [4.69, 9.17) is 16.1 Å². The van der Waals surface area contributed by atoms with Crippen LogP contribution in [0.25, 0.3) is 11.4 Å². The standard InChI is InChI=1S/C11H10ClN3O3/c1-17-11(16)13-6-9-14-10(15-18-9)7-3-2-4-8(12)5-7/h2-5H,6H2,1H3,(H,13,16). The predicted octanol–water partition coefficient (Wildman–Crippen LogP) is 2.25. The summed E-state index contributed by atoms with van der Waals surface area (Å²) < 4.78 is 9.40. The third-order valence-electron chi connectivity index (χ3n) is 2.12. The molecule has 1 amide bonds. The van der Waals surface area contributed by atoms with Gasteiger partial charge in [-0.05, 0) is 12.1 Å². The topological polar surface area (TPSA) is 77.2 Å². The SMILES string of the molecule is COC(=O)NCc1nc(-c2cccc(Cl)c2)no1. The highest BCUT2D eigenvalue weighted by molar-refractivity contribution is 6.30. The molecule has 0 spiro atoms. The highest BCUT2D eigenvalue weighted by Crippen LogP contribution is 2.19. The van der Waals surface area contributed by atoms with Gasteiger partial charge in [-0.2, -0.15) is 4.98 Å². The Hall–Kier alpha value is -2.08. The van der Waals surface area contributed by atoms with Crippen LogP contribution < -0.4 is 5.32 Å². The number of aromatic nitrogens is 2. The lowest BCUT2D eigenvalue weighted by molar-refractivity contribution is 0.169. The number of benzene rings is 1. The van der Waals surface area contributed by atoms with E-state index in [0.717, 1.165) is 5.56 Å². The van der Waals surface area contributed by atoms with Crippen LogP contribution in [0.2, 0.25) is 5.02 Å². The molecule has 0 aliphatic rings. The largest absolute Gasteiger partial charge is 0.453 e. The molecule has 0 fully saturated rings. The van der Waals surface area contributed by atoms with Crippen LogP contribution >= 0.6 is 11.6 Å². The average molecular weight is 268 g/mol. The van der Waals surface area contributed by atoms with Gasteiger partial charge in [-0.25, -0.2) is 4.79 Å². The summed E-state index contributed by atoms with van der Waals surface area (Å²) in [5.74, 6) is 0.703. The lowest BCUT2D eigenvalue weighted by Gasteiger charge is -1.98. The quantitative estimate of drug-likeness (QED) is 0.923. The van der Waals surface area contributed by atoms with Crippen molar-refractivity contribution < 1.29 is 14.1 Å². The molecule has 0 saturated heterocycles. The van der Waals surface area contributed by atoms with Crippen molar-refractivity contribution >= 4 is 17.7 Å². The third kappa shape index (κ3) is 2.98. The van der Waals surface area contributed by atoms with E-state index in [1.165, 1.54) is 7.11 Å². The van der Waals surface area contributed by atoms with Crippen molar-refractivity contribution in [2.24, 2.45) is 0 Å². The molecule has 94 valence electrons. The fourth-order valence-electron chi connectivity index (χ4n) is 1.29. The molecule has 6 nitrogen and oxygen atoms in total. The maximum atomic E-state index is 10.9. The Kier molecular flexibility index (Phi) is 3.78. The molecule has 1 heterocycles. The van der Waals surface area contributed by atoms with Crippen LogP contribution in [-0.2, 0) is 11.3 Å². The molecule has 0 atom stereocenters. The summed E-state index contributed by atoms with van der Waals surface area (Å²) in [5, 5.41) is 6.83. The molecule has 1 aromatic heterocycles. The van der Waals surface area contributed by atoms with Gasteiger partial charge in [0, 0.05) is 10.6 Å². The van der Waals surface area contributed by atoms with Gasteiger partial charge in [0.15, 0.2) is 0 Å². The summed E-state index contributed by atoms with van der Waals surface area (Å²) in [6.07, 6.45) is -0.558. The zero-order valence-corrected chi connectivity index (χ0v) is 10.3. The van der Waals surface area contributed by atoms with Crippen LogP contribution in [0.1, 0.15) is 5.89 Å². The molecule has 1 N–H and O–H groups in total. The lowest BCUT2D eigenvalue weighted by Crippen LogP contribution is -2.22. The summed E-state index contributed by atoms with van der Waals surface area (Å²) in [4.78, 5) is 15.0. The highest BCUT2D eigenvalue weighted by Gasteiger charge is 2.09. The van der Waals surface area contributed by atoms with Crippen molar-refractivity contribution in [1.29, 1.82) is 0 Å². The van der Waals surface area contributed by atoms with Crippen LogP contribution in [0.5, 0.6) is 0 Å². The first kappa shape index (κ1) is 12.4. The normalized spacial score (nSPS) is 10.1. The molecule has 1 aromatic carbocycles. The van der Waals surface area contributed by atoms with Crippen LogP contribution in [0.3, 0.4) is 0 Å². The zero-order chi connectivity index (χ0) is 13.0. The summed E-state index contributed by atoms with van der Waals surface area (Å²) in [6.45, 7) is 0.111. The summed E-state index contributed by atoms with van der Waals surface area (Å²) in [7, 11) is 1.28. The Morgan fingerprint density at radius 2 is 2.39 bits per heavy atom. The Balaban J connectivity index is 2.08. The highest BCUT2D eigenvalue weighted by atomic mass is 35.5. The molecule has 0 radical (unpaired) electrons. The number of amides is 1. The minimum atomic E-state index is -0.558. The number of rotatable bonds is 3. The molecule has 18 heavy (non-hydrogen) atoms. The number of carbonyl (C=O) groups is 1. The summed E-state index contributed by atoms with van der Waals surface area (Å²) in [6, 6.07) is 7.09. The predicted molar refractivity (Wildman–Crippen MR) is 64.0 cm³/mol. The van der Waals surface area contributed by atoms with Gasteiger partial charge in [0.2, 0.25) is 11.7 Å². The van der Waals surface area contributed by atoms with Gasteiger partial charge in [0.1, 0.15) is 6.54 Å². The fraction of sp³-hybridized carbons (Fsp3) is 0.182. The molecule has 0 bridgehead atoms. The maximum absolute atomic E-state index is 10.9.